The summed E-state index contributed by atoms with van der Waals surface area (Å²) in [6.45, 7) is 7.39. The van der Waals surface area contributed by atoms with Crippen molar-refractivity contribution in [1.82, 2.24) is 9.47 Å². The molecule has 1 amide bonds. The van der Waals surface area contributed by atoms with Crippen molar-refractivity contribution in [2.45, 2.75) is 46.6 Å². The number of aliphatic carboxylic acids is 1. The van der Waals surface area contributed by atoms with Crippen LogP contribution < -0.4 is 0 Å². The van der Waals surface area contributed by atoms with Crippen LogP contribution in [0, 0.1) is 13.8 Å². The molecule has 0 spiro atoms. The zero-order chi connectivity index (χ0) is 17.4. The van der Waals surface area contributed by atoms with Crippen LogP contribution in [-0.2, 0) is 17.8 Å². The van der Waals surface area contributed by atoms with Gasteiger partial charge in [0.05, 0.1) is 5.52 Å². The molecule has 0 saturated heterocycles. The number of amides is 1. The standard InChI is InChI=1S/C19H24N2O3/c1-4-5-9-20-10-8-15-14-7-6-12(2)13(3)17(14)21(11-16(22)23)18(15)19(20)24/h6-7H,4-5,8-11H2,1-3H3,(H,22,23). The van der Waals surface area contributed by atoms with Gasteiger partial charge in [-0.25, -0.2) is 0 Å². The Morgan fingerprint density at radius 1 is 1.29 bits per heavy atom. The summed E-state index contributed by atoms with van der Waals surface area (Å²) < 4.78 is 1.72. The third-order valence-corrected chi connectivity index (χ3v) is 5.05. The maximum Gasteiger partial charge on any atom is 0.323 e. The van der Waals surface area contributed by atoms with Crippen LogP contribution in [0.3, 0.4) is 0 Å². The van der Waals surface area contributed by atoms with Gasteiger partial charge in [-0.2, -0.15) is 0 Å². The van der Waals surface area contributed by atoms with Crippen molar-refractivity contribution in [3.8, 4) is 0 Å². The van der Waals surface area contributed by atoms with Crippen LogP contribution in [0.4, 0.5) is 0 Å². The highest BCUT2D eigenvalue weighted by atomic mass is 16.4. The summed E-state index contributed by atoms with van der Waals surface area (Å²) in [5, 5.41) is 10.4. The van der Waals surface area contributed by atoms with Crippen molar-refractivity contribution in [1.29, 1.82) is 0 Å². The van der Waals surface area contributed by atoms with E-state index in [1.54, 1.807) is 4.57 Å². The van der Waals surface area contributed by atoms with E-state index in [-0.39, 0.29) is 12.5 Å². The van der Waals surface area contributed by atoms with Crippen molar-refractivity contribution in [3.63, 3.8) is 0 Å². The first-order chi connectivity index (χ1) is 11.5. The molecule has 0 radical (unpaired) electrons. The average molecular weight is 328 g/mol. The number of aromatic nitrogens is 1. The van der Waals surface area contributed by atoms with Gasteiger partial charge in [-0.05, 0) is 43.4 Å². The molecule has 1 aliphatic rings. The minimum atomic E-state index is -0.922. The van der Waals surface area contributed by atoms with Gasteiger partial charge in [-0.15, -0.1) is 0 Å². The fourth-order valence-electron chi connectivity index (χ4n) is 3.65. The van der Waals surface area contributed by atoms with Gasteiger partial charge in [0, 0.05) is 18.5 Å². The number of aryl methyl sites for hydroxylation is 2. The Bertz CT molecular complexity index is 820. The van der Waals surface area contributed by atoms with Crippen LogP contribution in [0.5, 0.6) is 0 Å². The van der Waals surface area contributed by atoms with Crippen LogP contribution in [0.2, 0.25) is 0 Å². The van der Waals surface area contributed by atoms with Crippen LogP contribution in [0.15, 0.2) is 12.1 Å². The van der Waals surface area contributed by atoms with Crippen LogP contribution in [0.25, 0.3) is 10.9 Å². The molecule has 0 unspecified atom stereocenters. The van der Waals surface area contributed by atoms with E-state index >= 15 is 0 Å². The molecule has 0 fully saturated rings. The number of carbonyl (C=O) groups is 2. The highest BCUT2D eigenvalue weighted by Crippen LogP contribution is 2.34. The zero-order valence-electron chi connectivity index (χ0n) is 14.6. The van der Waals surface area contributed by atoms with Gasteiger partial charge in [0.25, 0.3) is 5.91 Å². The summed E-state index contributed by atoms with van der Waals surface area (Å²) in [4.78, 5) is 26.3. The molecule has 1 aromatic heterocycles. The number of nitrogens with zero attached hydrogens (tertiary/aromatic N) is 2. The fourth-order valence-corrected chi connectivity index (χ4v) is 3.65. The molecule has 1 aromatic carbocycles. The van der Waals surface area contributed by atoms with E-state index in [4.69, 9.17) is 0 Å². The molecule has 5 heteroatoms. The van der Waals surface area contributed by atoms with Crippen LogP contribution in [0.1, 0.15) is 46.9 Å². The molecule has 0 aliphatic carbocycles. The Hall–Kier alpha value is -2.30. The molecule has 1 aliphatic heterocycles. The van der Waals surface area contributed by atoms with Gasteiger partial charge in [0.1, 0.15) is 12.2 Å². The van der Waals surface area contributed by atoms with E-state index in [1.807, 2.05) is 24.8 Å². The average Bonchev–Trinajstić information content (AvgIpc) is 2.85. The molecule has 0 saturated carbocycles. The Labute approximate surface area is 141 Å². The number of benzene rings is 1. The van der Waals surface area contributed by atoms with Crippen molar-refractivity contribution in [2.75, 3.05) is 13.1 Å². The minimum Gasteiger partial charge on any atom is -0.480 e. The summed E-state index contributed by atoms with van der Waals surface area (Å²) in [6, 6.07) is 4.08. The SMILES string of the molecule is CCCCN1CCc2c(n(CC(=O)O)c3c(C)c(C)ccc23)C1=O. The number of carbonyl (C=O) groups excluding carboxylic acids is 1. The summed E-state index contributed by atoms with van der Waals surface area (Å²) >= 11 is 0. The van der Waals surface area contributed by atoms with E-state index in [1.165, 1.54) is 0 Å². The molecule has 2 heterocycles. The smallest absolute Gasteiger partial charge is 0.323 e. The predicted molar refractivity (Wildman–Crippen MR) is 93.6 cm³/mol. The van der Waals surface area contributed by atoms with Crippen LogP contribution >= 0.6 is 0 Å². The Balaban J connectivity index is 2.21. The van der Waals surface area contributed by atoms with Gasteiger partial charge in [0.15, 0.2) is 0 Å². The third-order valence-electron chi connectivity index (χ3n) is 5.05. The molecule has 0 atom stereocenters. The predicted octanol–water partition coefficient (Wildman–Crippen LogP) is 3.14. The molecule has 128 valence electrons. The molecule has 2 aromatic rings. The molecular formula is C19H24N2O3. The van der Waals surface area contributed by atoms with Gasteiger partial charge in [-0.3, -0.25) is 9.59 Å². The lowest BCUT2D eigenvalue weighted by Gasteiger charge is -2.28. The number of unbranched alkanes of at least 4 members (excludes halogenated alkanes) is 1. The zero-order valence-corrected chi connectivity index (χ0v) is 14.6. The second-order valence-electron chi connectivity index (χ2n) is 6.61. The van der Waals surface area contributed by atoms with Gasteiger partial charge in [0.2, 0.25) is 0 Å². The molecular weight excluding hydrogens is 304 g/mol. The molecule has 0 bridgehead atoms. The number of rotatable bonds is 5. The van der Waals surface area contributed by atoms with Crippen molar-refractivity contribution in [3.05, 3.63) is 34.5 Å². The van der Waals surface area contributed by atoms with Gasteiger partial charge >= 0.3 is 5.97 Å². The first kappa shape index (κ1) is 16.6. The summed E-state index contributed by atoms with van der Waals surface area (Å²) in [6.07, 6.45) is 2.79. The summed E-state index contributed by atoms with van der Waals surface area (Å²) in [5.74, 6) is -0.951. The molecule has 1 N–H and O–H groups in total. The van der Waals surface area contributed by atoms with E-state index in [9.17, 15) is 14.7 Å². The largest absolute Gasteiger partial charge is 0.480 e. The van der Waals surface area contributed by atoms with Crippen molar-refractivity contribution >= 4 is 22.8 Å². The Morgan fingerprint density at radius 3 is 2.71 bits per heavy atom. The number of hydrogen-bond donors (Lipinski definition) is 1. The second kappa shape index (κ2) is 6.30. The quantitative estimate of drug-likeness (QED) is 0.917. The third kappa shape index (κ3) is 2.58. The first-order valence-corrected chi connectivity index (χ1v) is 8.58. The maximum absolute atomic E-state index is 13.0. The van der Waals surface area contributed by atoms with E-state index in [2.05, 4.69) is 13.0 Å². The number of hydrogen-bond acceptors (Lipinski definition) is 2. The van der Waals surface area contributed by atoms with Crippen LogP contribution in [-0.4, -0.2) is 39.5 Å². The lowest BCUT2D eigenvalue weighted by molar-refractivity contribution is -0.137. The lowest BCUT2D eigenvalue weighted by Crippen LogP contribution is -2.39. The molecule has 5 nitrogen and oxygen atoms in total. The van der Waals surface area contributed by atoms with Crippen molar-refractivity contribution < 1.29 is 14.7 Å². The highest BCUT2D eigenvalue weighted by Gasteiger charge is 2.31. The Kier molecular flexibility index (Phi) is 4.35. The first-order valence-electron chi connectivity index (χ1n) is 8.58. The summed E-state index contributed by atoms with van der Waals surface area (Å²) in [5.41, 5.74) is 4.64. The Morgan fingerprint density at radius 2 is 2.04 bits per heavy atom. The number of carboxylic acids is 1. The second-order valence-corrected chi connectivity index (χ2v) is 6.61. The topological polar surface area (TPSA) is 62.5 Å². The maximum atomic E-state index is 13.0. The van der Waals surface area contributed by atoms with E-state index in [0.717, 1.165) is 53.4 Å². The van der Waals surface area contributed by atoms with Gasteiger partial charge < -0.3 is 14.6 Å². The van der Waals surface area contributed by atoms with Crippen molar-refractivity contribution in [2.24, 2.45) is 0 Å². The van der Waals surface area contributed by atoms with E-state index in [0.29, 0.717) is 12.2 Å². The lowest BCUT2D eigenvalue weighted by atomic mass is 10.00. The molecule has 24 heavy (non-hydrogen) atoms. The highest BCUT2D eigenvalue weighted by molar-refractivity contribution is 6.04. The molecule has 3 rings (SSSR count). The number of carboxylic acid groups (broad SMARTS) is 1. The fraction of sp³-hybridized carbons (Fsp3) is 0.474. The van der Waals surface area contributed by atoms with E-state index < -0.39 is 5.97 Å². The summed E-state index contributed by atoms with van der Waals surface area (Å²) in [7, 11) is 0. The minimum absolute atomic E-state index is 0.0285. The normalized spacial score (nSPS) is 14.3. The monoisotopic (exact) mass is 328 g/mol. The van der Waals surface area contributed by atoms with Gasteiger partial charge in [-0.1, -0.05) is 25.5 Å². The number of fused-ring (bicyclic) bond motifs is 3.